The molecular weight excluding hydrogens is 477 g/mol. The SMILES string of the molecule is Cc1cnc(Nc2ccc(OCCCN(C)C)c(C(F)(F)F)c2)nc1Nc1ccc2oc(=O)[nH]c2c1. The summed E-state index contributed by atoms with van der Waals surface area (Å²) >= 11 is 0. The Hall–Kier alpha value is -4.06. The highest BCUT2D eigenvalue weighted by Gasteiger charge is 2.34. The zero-order valence-electron chi connectivity index (χ0n) is 19.9. The number of hydrogen-bond acceptors (Lipinski definition) is 8. The average Bonchev–Trinajstić information content (AvgIpc) is 3.18. The highest BCUT2D eigenvalue weighted by molar-refractivity contribution is 5.78. The minimum absolute atomic E-state index is 0.105. The van der Waals surface area contributed by atoms with Crippen LogP contribution in [0.5, 0.6) is 5.75 Å². The van der Waals surface area contributed by atoms with Gasteiger partial charge in [-0.15, -0.1) is 0 Å². The van der Waals surface area contributed by atoms with Gasteiger partial charge in [0, 0.05) is 29.7 Å². The molecule has 0 amide bonds. The van der Waals surface area contributed by atoms with Gasteiger partial charge in [0.1, 0.15) is 11.6 Å². The summed E-state index contributed by atoms with van der Waals surface area (Å²) in [7, 11) is 3.77. The molecule has 190 valence electrons. The topological polar surface area (TPSA) is 108 Å². The first-order valence-corrected chi connectivity index (χ1v) is 11.1. The maximum Gasteiger partial charge on any atom is 0.420 e. The van der Waals surface area contributed by atoms with Crippen LogP contribution in [0.2, 0.25) is 0 Å². The molecule has 2 aromatic carbocycles. The van der Waals surface area contributed by atoms with Gasteiger partial charge >= 0.3 is 11.9 Å². The van der Waals surface area contributed by atoms with Gasteiger partial charge in [-0.3, -0.25) is 4.98 Å². The van der Waals surface area contributed by atoms with Gasteiger partial charge in [0.05, 0.1) is 17.7 Å². The Kier molecular flexibility index (Phi) is 7.15. The average molecular weight is 502 g/mol. The molecule has 0 aliphatic carbocycles. The number of nitrogens with zero attached hydrogens (tertiary/aromatic N) is 3. The molecule has 2 heterocycles. The minimum Gasteiger partial charge on any atom is -0.493 e. The Morgan fingerprint density at radius 1 is 1.11 bits per heavy atom. The van der Waals surface area contributed by atoms with Crippen molar-refractivity contribution in [2.75, 3.05) is 37.9 Å². The van der Waals surface area contributed by atoms with Gasteiger partial charge in [-0.05, 0) is 63.8 Å². The van der Waals surface area contributed by atoms with E-state index in [0.717, 1.165) is 6.07 Å². The predicted octanol–water partition coefficient (Wildman–Crippen LogP) is 5.06. The van der Waals surface area contributed by atoms with Crippen molar-refractivity contribution in [2.24, 2.45) is 0 Å². The lowest BCUT2D eigenvalue weighted by atomic mass is 10.1. The van der Waals surface area contributed by atoms with E-state index in [1.165, 1.54) is 12.1 Å². The smallest absolute Gasteiger partial charge is 0.420 e. The fourth-order valence-corrected chi connectivity index (χ4v) is 3.44. The maximum atomic E-state index is 13.7. The molecule has 0 spiro atoms. The normalized spacial score (nSPS) is 11.8. The van der Waals surface area contributed by atoms with Crippen LogP contribution in [0.25, 0.3) is 11.1 Å². The molecule has 0 aliphatic heterocycles. The summed E-state index contributed by atoms with van der Waals surface area (Å²) in [4.78, 5) is 24.5. The van der Waals surface area contributed by atoms with Crippen molar-refractivity contribution >= 4 is 34.2 Å². The molecule has 0 saturated carbocycles. The number of aryl methyl sites for hydroxylation is 1. The van der Waals surface area contributed by atoms with E-state index in [-0.39, 0.29) is 24.0 Å². The van der Waals surface area contributed by atoms with Crippen LogP contribution in [0.4, 0.5) is 36.3 Å². The molecule has 9 nitrogen and oxygen atoms in total. The van der Waals surface area contributed by atoms with Crippen LogP contribution >= 0.6 is 0 Å². The van der Waals surface area contributed by atoms with Gasteiger partial charge in [0.2, 0.25) is 5.95 Å². The van der Waals surface area contributed by atoms with Crippen molar-refractivity contribution in [3.8, 4) is 5.75 Å². The monoisotopic (exact) mass is 502 g/mol. The number of aromatic amines is 1. The lowest BCUT2D eigenvalue weighted by Gasteiger charge is -2.17. The summed E-state index contributed by atoms with van der Waals surface area (Å²) < 4.78 is 51.5. The van der Waals surface area contributed by atoms with Crippen molar-refractivity contribution < 1.29 is 22.3 Å². The third kappa shape index (κ3) is 6.13. The first kappa shape index (κ1) is 25.0. The zero-order valence-corrected chi connectivity index (χ0v) is 19.9. The van der Waals surface area contributed by atoms with Crippen molar-refractivity contribution in [3.05, 3.63) is 64.3 Å². The second kappa shape index (κ2) is 10.3. The standard InChI is InChI=1S/C24H25F3N6O3/c1-14-13-28-22(32-21(14)29-16-6-8-20-18(12-16)31-23(34)36-20)30-15-5-7-19(17(11-15)24(25,26)27)35-10-4-9-33(2)3/h5-8,11-13H,4,9-10H2,1-3H3,(H,31,34)(H2,28,29,30,32). The molecule has 36 heavy (non-hydrogen) atoms. The summed E-state index contributed by atoms with van der Waals surface area (Å²) in [5.41, 5.74) is 1.54. The molecule has 0 bridgehead atoms. The van der Waals surface area contributed by atoms with Gasteiger partial charge in [-0.2, -0.15) is 18.2 Å². The molecule has 4 rings (SSSR count). The summed E-state index contributed by atoms with van der Waals surface area (Å²) in [6.45, 7) is 2.66. The fraction of sp³-hybridized carbons (Fsp3) is 0.292. The molecule has 0 fully saturated rings. The van der Waals surface area contributed by atoms with Crippen molar-refractivity contribution in [1.29, 1.82) is 0 Å². The molecule has 0 atom stereocenters. The molecule has 0 aliphatic rings. The van der Waals surface area contributed by atoms with E-state index in [1.807, 2.05) is 19.0 Å². The number of alkyl halides is 3. The van der Waals surface area contributed by atoms with E-state index in [4.69, 9.17) is 9.15 Å². The van der Waals surface area contributed by atoms with E-state index in [2.05, 4.69) is 25.6 Å². The summed E-state index contributed by atoms with van der Waals surface area (Å²) in [5.74, 6) is -0.245. The van der Waals surface area contributed by atoms with Crippen LogP contribution in [0.15, 0.2) is 51.8 Å². The van der Waals surface area contributed by atoms with E-state index >= 15 is 0 Å². The number of nitrogens with one attached hydrogen (secondary N) is 3. The molecule has 2 aromatic heterocycles. The summed E-state index contributed by atoms with van der Waals surface area (Å²) in [6.07, 6.45) is -2.45. The number of aromatic nitrogens is 3. The molecule has 4 aromatic rings. The van der Waals surface area contributed by atoms with E-state index in [0.29, 0.717) is 41.1 Å². The number of rotatable bonds is 9. The first-order chi connectivity index (χ1) is 17.1. The number of benzene rings is 2. The Labute approximate surface area is 204 Å². The summed E-state index contributed by atoms with van der Waals surface area (Å²) in [5, 5.41) is 5.95. The second-order valence-corrected chi connectivity index (χ2v) is 8.41. The van der Waals surface area contributed by atoms with Crippen LogP contribution in [0.3, 0.4) is 0 Å². The molecule has 0 radical (unpaired) electrons. The van der Waals surface area contributed by atoms with Gasteiger partial charge < -0.3 is 24.7 Å². The van der Waals surface area contributed by atoms with Crippen molar-refractivity contribution in [1.82, 2.24) is 19.9 Å². The van der Waals surface area contributed by atoms with Crippen molar-refractivity contribution in [3.63, 3.8) is 0 Å². The number of ether oxygens (including phenoxy) is 1. The van der Waals surface area contributed by atoms with Crippen molar-refractivity contribution in [2.45, 2.75) is 19.5 Å². The third-order valence-electron chi connectivity index (χ3n) is 5.20. The zero-order chi connectivity index (χ0) is 25.9. The van der Waals surface area contributed by atoms with E-state index < -0.39 is 17.5 Å². The highest BCUT2D eigenvalue weighted by atomic mass is 19.4. The summed E-state index contributed by atoms with van der Waals surface area (Å²) in [6, 6.07) is 8.77. The largest absolute Gasteiger partial charge is 0.493 e. The second-order valence-electron chi connectivity index (χ2n) is 8.41. The number of oxazole rings is 1. The Bertz CT molecular complexity index is 1410. The number of anilines is 4. The van der Waals surface area contributed by atoms with Crippen LogP contribution in [-0.4, -0.2) is 47.1 Å². The predicted molar refractivity (Wildman–Crippen MR) is 130 cm³/mol. The lowest BCUT2D eigenvalue weighted by molar-refractivity contribution is -0.138. The quantitative estimate of drug-likeness (QED) is 0.273. The molecular formula is C24H25F3N6O3. The van der Waals surface area contributed by atoms with Crippen LogP contribution in [0, 0.1) is 6.92 Å². The first-order valence-electron chi connectivity index (χ1n) is 11.1. The van der Waals surface area contributed by atoms with E-state index in [9.17, 15) is 18.0 Å². The number of halogens is 3. The maximum absolute atomic E-state index is 13.7. The van der Waals surface area contributed by atoms with Gasteiger partial charge in [-0.25, -0.2) is 9.78 Å². The Balaban J connectivity index is 1.52. The van der Waals surface area contributed by atoms with Crippen LogP contribution < -0.4 is 21.1 Å². The van der Waals surface area contributed by atoms with Gasteiger partial charge in [-0.1, -0.05) is 0 Å². The molecule has 12 heteroatoms. The number of H-pyrrole nitrogens is 1. The lowest BCUT2D eigenvalue weighted by Crippen LogP contribution is -2.16. The Morgan fingerprint density at radius 2 is 1.86 bits per heavy atom. The molecule has 0 saturated heterocycles. The highest BCUT2D eigenvalue weighted by Crippen LogP contribution is 2.38. The third-order valence-corrected chi connectivity index (χ3v) is 5.20. The fourth-order valence-electron chi connectivity index (χ4n) is 3.44. The number of fused-ring (bicyclic) bond motifs is 1. The number of hydrogen-bond donors (Lipinski definition) is 3. The minimum atomic E-state index is -4.60. The van der Waals surface area contributed by atoms with Gasteiger partial charge in [0.25, 0.3) is 0 Å². The van der Waals surface area contributed by atoms with Crippen LogP contribution in [-0.2, 0) is 6.18 Å². The van der Waals surface area contributed by atoms with E-state index in [1.54, 1.807) is 31.3 Å². The molecule has 0 unspecified atom stereocenters. The van der Waals surface area contributed by atoms with Crippen LogP contribution in [0.1, 0.15) is 17.5 Å². The molecule has 3 N–H and O–H groups in total. The van der Waals surface area contributed by atoms with Gasteiger partial charge in [0.15, 0.2) is 5.58 Å². The Morgan fingerprint density at radius 3 is 2.61 bits per heavy atom.